The molecule has 0 spiro atoms. The van der Waals surface area contributed by atoms with E-state index in [-0.39, 0.29) is 0 Å². The van der Waals surface area contributed by atoms with Gasteiger partial charge in [-0.15, -0.1) is 0 Å². The zero-order valence-corrected chi connectivity index (χ0v) is 23.9. The van der Waals surface area contributed by atoms with Crippen molar-refractivity contribution >= 4 is 0 Å². The Morgan fingerprint density at radius 2 is 1.30 bits per heavy atom. The molecule has 0 aromatic heterocycles. The second-order valence-electron chi connectivity index (χ2n) is 15.9. The van der Waals surface area contributed by atoms with Crippen molar-refractivity contribution in [2.75, 3.05) is 0 Å². The van der Waals surface area contributed by atoms with E-state index in [4.69, 9.17) is 0 Å². The molecule has 33 heavy (non-hydrogen) atoms. The zero-order chi connectivity index (χ0) is 23.9. The van der Waals surface area contributed by atoms with Crippen LogP contribution < -0.4 is 0 Å². The molecule has 0 amide bonds. The highest BCUT2D eigenvalue weighted by atomic mass is 14.7. The van der Waals surface area contributed by atoms with Gasteiger partial charge in [0.25, 0.3) is 0 Å². The third-order valence-electron chi connectivity index (χ3n) is 14.5. The minimum atomic E-state index is 0.559. The van der Waals surface area contributed by atoms with Crippen LogP contribution >= 0.6 is 0 Å². The van der Waals surface area contributed by atoms with Gasteiger partial charge in [-0.1, -0.05) is 81.1 Å². The number of unbranched alkanes of at least 4 members (excludes halogenated alkanes) is 1. The first-order valence-electron chi connectivity index (χ1n) is 15.4. The minimum absolute atomic E-state index is 0.559. The quantitative estimate of drug-likeness (QED) is 0.396. The first-order valence-corrected chi connectivity index (χ1v) is 15.4. The summed E-state index contributed by atoms with van der Waals surface area (Å²) in [6, 6.07) is 0. The van der Waals surface area contributed by atoms with Gasteiger partial charge in [-0.05, 0) is 127 Å². The van der Waals surface area contributed by atoms with E-state index in [0.29, 0.717) is 27.1 Å². The van der Waals surface area contributed by atoms with Crippen LogP contribution in [0.15, 0.2) is 0 Å². The lowest BCUT2D eigenvalue weighted by Gasteiger charge is -2.73. The molecule has 5 aliphatic rings. The molecule has 190 valence electrons. The van der Waals surface area contributed by atoms with Gasteiger partial charge in [-0.2, -0.15) is 0 Å². The Morgan fingerprint density at radius 1 is 0.667 bits per heavy atom. The fourth-order valence-corrected chi connectivity index (χ4v) is 12.8. The highest BCUT2D eigenvalue weighted by Crippen LogP contribution is 2.78. The fraction of sp³-hybridized carbons (Fsp3) is 1.00. The second-order valence-corrected chi connectivity index (χ2v) is 15.9. The Kier molecular flexibility index (Phi) is 5.98. The first-order chi connectivity index (χ1) is 15.4. The summed E-state index contributed by atoms with van der Waals surface area (Å²) in [5.41, 5.74) is 2.90. The predicted molar refractivity (Wildman–Crippen MR) is 143 cm³/mol. The maximum absolute atomic E-state index is 2.83. The summed E-state index contributed by atoms with van der Waals surface area (Å²) in [5, 5.41) is 0. The standard InChI is InChI=1S/C33H58/c1-9-10-12-23(2)24-15-20-30(5)25(24)16-21-32(7)27(30)13-14-28-31(6)19-11-18-29(3,4)26(31)17-22-33(28,32)8/h23-28H,9-22H2,1-8H3/t23-,24+,25+,26?,27?,28?,30-,31-,32+,33+/m0/s1. The molecule has 0 aromatic rings. The molecule has 0 N–H and O–H groups in total. The highest BCUT2D eigenvalue weighted by molar-refractivity contribution is 5.19. The topological polar surface area (TPSA) is 0 Å². The molecule has 3 unspecified atom stereocenters. The van der Waals surface area contributed by atoms with Crippen molar-refractivity contribution in [1.29, 1.82) is 0 Å². The summed E-state index contributed by atoms with van der Waals surface area (Å²) in [7, 11) is 0. The molecule has 0 radical (unpaired) electrons. The average Bonchev–Trinajstić information content (AvgIpc) is 3.09. The summed E-state index contributed by atoms with van der Waals surface area (Å²) < 4.78 is 0. The highest BCUT2D eigenvalue weighted by Gasteiger charge is 2.70. The van der Waals surface area contributed by atoms with Crippen molar-refractivity contribution in [2.45, 2.75) is 145 Å². The lowest BCUT2D eigenvalue weighted by Crippen LogP contribution is -2.65. The Morgan fingerprint density at radius 3 is 1.97 bits per heavy atom. The number of fused-ring (bicyclic) bond motifs is 7. The number of hydrogen-bond donors (Lipinski definition) is 0. The minimum Gasteiger partial charge on any atom is -0.0654 e. The number of hydrogen-bond acceptors (Lipinski definition) is 0. The zero-order valence-electron chi connectivity index (χ0n) is 23.9. The molecule has 10 atom stereocenters. The van der Waals surface area contributed by atoms with Crippen LogP contribution in [0.3, 0.4) is 0 Å². The SMILES string of the molecule is CCCC[C@H](C)[C@H]1CC[C@]2(C)C3CCC4[C@@]5(C)CCCC(C)(C)C5CC[C@@]4(C)[C@]3(C)CC[C@H]12. The summed E-state index contributed by atoms with van der Waals surface area (Å²) >= 11 is 0. The van der Waals surface area contributed by atoms with E-state index in [1.54, 1.807) is 12.8 Å². The second kappa shape index (κ2) is 8.00. The molecule has 0 bridgehead atoms. The molecular formula is C33H58. The van der Waals surface area contributed by atoms with Gasteiger partial charge in [0.2, 0.25) is 0 Å². The molecule has 0 saturated heterocycles. The maximum Gasteiger partial charge on any atom is -0.0235 e. The van der Waals surface area contributed by atoms with Gasteiger partial charge < -0.3 is 0 Å². The van der Waals surface area contributed by atoms with Gasteiger partial charge in [0.15, 0.2) is 0 Å². The predicted octanol–water partition coefficient (Wildman–Crippen LogP) is 10.3. The van der Waals surface area contributed by atoms with Crippen LogP contribution in [0.1, 0.15) is 145 Å². The molecule has 5 fully saturated rings. The Balaban J connectivity index is 1.45. The van der Waals surface area contributed by atoms with Crippen LogP contribution in [0.2, 0.25) is 0 Å². The smallest absolute Gasteiger partial charge is 0.0235 e. The van der Waals surface area contributed by atoms with Crippen molar-refractivity contribution in [3.8, 4) is 0 Å². The van der Waals surface area contributed by atoms with Crippen LogP contribution in [0.5, 0.6) is 0 Å². The van der Waals surface area contributed by atoms with E-state index < -0.39 is 0 Å². The largest absolute Gasteiger partial charge is 0.0654 e. The summed E-state index contributed by atoms with van der Waals surface area (Å²) in [6.45, 7) is 21.5. The normalized spacial score (nSPS) is 54.0. The van der Waals surface area contributed by atoms with E-state index in [1.165, 1.54) is 77.0 Å². The summed E-state index contributed by atoms with van der Waals surface area (Å²) in [4.78, 5) is 0. The molecule has 5 aliphatic carbocycles. The Bertz CT molecular complexity index is 734. The lowest BCUT2D eigenvalue weighted by atomic mass is 9.32. The van der Waals surface area contributed by atoms with Crippen LogP contribution in [0, 0.1) is 62.6 Å². The fourth-order valence-electron chi connectivity index (χ4n) is 12.8. The van der Waals surface area contributed by atoms with Crippen LogP contribution in [-0.2, 0) is 0 Å². The van der Waals surface area contributed by atoms with E-state index >= 15 is 0 Å². The van der Waals surface area contributed by atoms with E-state index in [2.05, 4.69) is 55.4 Å². The molecule has 0 aliphatic heterocycles. The molecule has 5 saturated carbocycles. The van der Waals surface area contributed by atoms with E-state index in [9.17, 15) is 0 Å². The third kappa shape index (κ3) is 3.26. The summed E-state index contributed by atoms with van der Waals surface area (Å²) in [5.74, 6) is 5.88. The van der Waals surface area contributed by atoms with Crippen molar-refractivity contribution in [3.05, 3.63) is 0 Å². The Labute approximate surface area is 207 Å². The Hall–Kier alpha value is 0. The third-order valence-corrected chi connectivity index (χ3v) is 14.5. The molecule has 5 rings (SSSR count). The van der Waals surface area contributed by atoms with Crippen LogP contribution in [0.25, 0.3) is 0 Å². The molecule has 0 heteroatoms. The maximum atomic E-state index is 2.83. The van der Waals surface area contributed by atoms with Gasteiger partial charge in [-0.3, -0.25) is 0 Å². The molecule has 0 nitrogen and oxygen atoms in total. The van der Waals surface area contributed by atoms with Gasteiger partial charge in [0, 0.05) is 0 Å². The molecule has 0 heterocycles. The van der Waals surface area contributed by atoms with E-state index in [0.717, 1.165) is 35.5 Å². The van der Waals surface area contributed by atoms with Gasteiger partial charge in [0.1, 0.15) is 0 Å². The molecular weight excluding hydrogens is 396 g/mol. The first kappa shape index (κ1) is 24.7. The van der Waals surface area contributed by atoms with E-state index in [1.807, 2.05) is 0 Å². The van der Waals surface area contributed by atoms with Crippen molar-refractivity contribution in [3.63, 3.8) is 0 Å². The van der Waals surface area contributed by atoms with Crippen LogP contribution in [0.4, 0.5) is 0 Å². The van der Waals surface area contributed by atoms with Crippen molar-refractivity contribution in [1.82, 2.24) is 0 Å². The van der Waals surface area contributed by atoms with Crippen molar-refractivity contribution < 1.29 is 0 Å². The summed E-state index contributed by atoms with van der Waals surface area (Å²) in [6.07, 6.45) is 21.0. The average molecular weight is 455 g/mol. The van der Waals surface area contributed by atoms with Gasteiger partial charge >= 0.3 is 0 Å². The molecule has 0 aromatic carbocycles. The van der Waals surface area contributed by atoms with Crippen LogP contribution in [-0.4, -0.2) is 0 Å². The van der Waals surface area contributed by atoms with Crippen molar-refractivity contribution in [2.24, 2.45) is 62.6 Å². The van der Waals surface area contributed by atoms with Gasteiger partial charge in [0.05, 0.1) is 0 Å². The van der Waals surface area contributed by atoms with Gasteiger partial charge in [-0.25, -0.2) is 0 Å². The number of rotatable bonds is 4. The lowest BCUT2D eigenvalue weighted by molar-refractivity contribution is -0.241. The monoisotopic (exact) mass is 454 g/mol.